The third-order valence-corrected chi connectivity index (χ3v) is 11.0. The quantitative estimate of drug-likeness (QED) is 0.213. The second kappa shape index (κ2) is 14.6. The molecule has 2 saturated carbocycles. The van der Waals surface area contributed by atoms with Gasteiger partial charge in [0.1, 0.15) is 11.7 Å². The zero-order valence-corrected chi connectivity index (χ0v) is 25.9. The van der Waals surface area contributed by atoms with Crippen LogP contribution in [0, 0.1) is 29.6 Å². The average Bonchev–Trinajstić information content (AvgIpc) is 3.06. The van der Waals surface area contributed by atoms with Gasteiger partial charge in [-0.3, -0.25) is 9.59 Å². The maximum absolute atomic E-state index is 13.3. The van der Waals surface area contributed by atoms with E-state index in [0.717, 1.165) is 43.2 Å². The molecule has 236 valence electrons. The van der Waals surface area contributed by atoms with E-state index in [1.165, 1.54) is 45.6 Å². The Kier molecular flexibility index (Phi) is 10.9. The van der Waals surface area contributed by atoms with Crippen LogP contribution in [-0.4, -0.2) is 58.3 Å². The molecule has 1 spiro atoms. The second-order valence-electron chi connectivity index (χ2n) is 13.7. The molecule has 0 unspecified atom stereocenters. The highest BCUT2D eigenvalue weighted by Gasteiger charge is 2.48. The predicted molar refractivity (Wildman–Crippen MR) is 166 cm³/mol. The van der Waals surface area contributed by atoms with Gasteiger partial charge in [-0.05, 0) is 92.9 Å². The number of aryl methyl sites for hydroxylation is 1. The minimum absolute atomic E-state index is 0.0369. The van der Waals surface area contributed by atoms with Crippen molar-refractivity contribution in [2.24, 2.45) is 17.8 Å². The maximum Gasteiger partial charge on any atom is 0.160 e. The molecule has 1 saturated heterocycles. The molecule has 0 radical (unpaired) electrons. The summed E-state index contributed by atoms with van der Waals surface area (Å²) in [6.45, 7) is 0.0396. The van der Waals surface area contributed by atoms with Crippen LogP contribution in [0.3, 0.4) is 0 Å². The highest BCUT2D eigenvalue weighted by molar-refractivity contribution is 5.85. The van der Waals surface area contributed by atoms with Crippen LogP contribution in [0.25, 0.3) is 0 Å². The number of phenolic OH excluding ortho intramolecular Hbond substituents is 1. The van der Waals surface area contributed by atoms with Gasteiger partial charge in [0.05, 0.1) is 13.2 Å². The number of aliphatic hydroxyl groups excluding tert-OH is 2. The number of hydrogen-bond donors (Lipinski definition) is 4. The van der Waals surface area contributed by atoms with Gasteiger partial charge in [-0.15, -0.1) is 0 Å². The third kappa shape index (κ3) is 7.47. The number of aliphatic hydroxyl groups is 2. The van der Waals surface area contributed by atoms with E-state index in [2.05, 4.69) is 17.2 Å². The molecule has 3 fully saturated rings. The summed E-state index contributed by atoms with van der Waals surface area (Å²) in [6.07, 6.45) is 14.5. The Bertz CT molecular complexity index is 1190. The number of carbonyl (C=O) groups excluding carboxylic acids is 2. The number of rotatable bonds is 10. The summed E-state index contributed by atoms with van der Waals surface area (Å²) in [4.78, 5) is 25.5. The first-order valence-corrected chi connectivity index (χ1v) is 16.9. The molecule has 4 N–H and O–H groups in total. The number of carbonyl (C=O) groups is 2. The Hall–Kier alpha value is -2.40. The normalized spacial score (nSPS) is 29.3. The fourth-order valence-corrected chi connectivity index (χ4v) is 8.56. The molecule has 1 heterocycles. The van der Waals surface area contributed by atoms with Crippen molar-refractivity contribution in [3.63, 3.8) is 0 Å². The highest BCUT2D eigenvalue weighted by atomic mass is 16.5. The smallest absolute Gasteiger partial charge is 0.160 e. The van der Waals surface area contributed by atoms with Crippen molar-refractivity contribution in [1.29, 1.82) is 0 Å². The molecule has 3 aliphatic carbocycles. The van der Waals surface area contributed by atoms with E-state index in [1.54, 1.807) is 12.1 Å². The van der Waals surface area contributed by atoms with Gasteiger partial charge in [-0.1, -0.05) is 43.9 Å². The van der Waals surface area contributed by atoms with Crippen LogP contribution in [0.1, 0.15) is 120 Å². The molecular weight excluding hydrogens is 542 g/mol. The number of ether oxygens (including phenoxy) is 1. The first-order valence-electron chi connectivity index (χ1n) is 16.9. The average molecular weight is 594 g/mol. The zero-order valence-electron chi connectivity index (χ0n) is 25.9. The Morgan fingerprint density at radius 3 is 2.63 bits per heavy atom. The van der Waals surface area contributed by atoms with Gasteiger partial charge in [0, 0.05) is 43.4 Å². The molecule has 0 amide bonds. The molecule has 5 rings (SSSR count). The van der Waals surface area contributed by atoms with Gasteiger partial charge in [0.25, 0.3) is 0 Å². The molecule has 1 aromatic rings. The lowest BCUT2D eigenvalue weighted by Gasteiger charge is -2.54. The largest absolute Gasteiger partial charge is 0.504 e. The number of ketones is 2. The third-order valence-electron chi connectivity index (χ3n) is 11.0. The Morgan fingerprint density at radius 1 is 1.05 bits per heavy atom. The van der Waals surface area contributed by atoms with Crippen molar-refractivity contribution in [3.05, 3.63) is 23.3 Å². The molecule has 1 aliphatic heterocycles. The lowest BCUT2D eigenvalue weighted by atomic mass is 9.62. The number of nitrogens with one attached hydrogen (secondary N) is 1. The van der Waals surface area contributed by atoms with Crippen molar-refractivity contribution in [2.45, 2.75) is 133 Å². The van der Waals surface area contributed by atoms with Crippen molar-refractivity contribution in [1.82, 2.24) is 5.32 Å². The molecule has 4 aliphatic rings. The number of piperidine rings is 1. The van der Waals surface area contributed by atoms with Crippen molar-refractivity contribution >= 4 is 11.6 Å². The van der Waals surface area contributed by atoms with Crippen molar-refractivity contribution in [3.8, 4) is 23.3 Å². The van der Waals surface area contributed by atoms with E-state index >= 15 is 0 Å². The molecule has 0 bridgehead atoms. The zero-order chi connectivity index (χ0) is 30.4. The SMILES string of the molecule is COc1cc2c(cc1O)[C@H](CCCO)C#C[C@H]([C@H](O)CCCC[C@H]1C[C@H]3CCC(=O)C[C@H]3NC13CCCCC3)C(=O)CC2. The van der Waals surface area contributed by atoms with E-state index in [1.807, 2.05) is 0 Å². The first-order chi connectivity index (χ1) is 20.8. The monoisotopic (exact) mass is 593 g/mol. The summed E-state index contributed by atoms with van der Waals surface area (Å²) >= 11 is 0. The van der Waals surface area contributed by atoms with E-state index < -0.39 is 12.0 Å². The fraction of sp³-hybridized carbons (Fsp3) is 0.722. The van der Waals surface area contributed by atoms with Crippen molar-refractivity contribution < 1.29 is 29.6 Å². The number of Topliss-reactive ketones (excluding diaryl/α,β-unsaturated/α-hetero) is 2. The summed E-state index contributed by atoms with van der Waals surface area (Å²) in [6, 6.07) is 3.82. The second-order valence-corrected chi connectivity index (χ2v) is 13.7. The maximum atomic E-state index is 13.3. The number of phenols is 1. The van der Waals surface area contributed by atoms with Crippen molar-refractivity contribution in [2.75, 3.05) is 13.7 Å². The molecule has 0 aromatic heterocycles. The van der Waals surface area contributed by atoms with Crippen LogP contribution < -0.4 is 10.1 Å². The van der Waals surface area contributed by atoms with E-state index in [9.17, 15) is 24.9 Å². The van der Waals surface area contributed by atoms with Crippen LogP contribution >= 0.6 is 0 Å². The van der Waals surface area contributed by atoms with Gasteiger partial charge in [-0.25, -0.2) is 0 Å². The van der Waals surface area contributed by atoms with Gasteiger partial charge in [0.2, 0.25) is 0 Å². The van der Waals surface area contributed by atoms with Gasteiger partial charge in [-0.2, -0.15) is 0 Å². The summed E-state index contributed by atoms with van der Waals surface area (Å²) in [5.41, 5.74) is 1.94. The van der Waals surface area contributed by atoms with Crippen LogP contribution in [0.5, 0.6) is 11.5 Å². The van der Waals surface area contributed by atoms with Gasteiger partial charge in [0.15, 0.2) is 17.3 Å². The molecule has 1 aromatic carbocycles. The summed E-state index contributed by atoms with van der Waals surface area (Å²) in [7, 11) is 1.51. The summed E-state index contributed by atoms with van der Waals surface area (Å²) in [5.74, 6) is 7.40. The Labute approximate surface area is 257 Å². The first kappa shape index (κ1) is 32.0. The molecular formula is C36H51NO6. The van der Waals surface area contributed by atoms with Crippen LogP contribution in [0.4, 0.5) is 0 Å². The van der Waals surface area contributed by atoms with Crippen LogP contribution in [0.15, 0.2) is 12.1 Å². The molecule has 6 atom stereocenters. The lowest BCUT2D eigenvalue weighted by Crippen LogP contribution is -2.63. The fourth-order valence-electron chi connectivity index (χ4n) is 8.56. The van der Waals surface area contributed by atoms with Gasteiger partial charge < -0.3 is 25.4 Å². The molecule has 7 heteroatoms. The van der Waals surface area contributed by atoms with E-state index in [4.69, 9.17) is 4.74 Å². The predicted octanol–water partition coefficient (Wildman–Crippen LogP) is 5.36. The highest BCUT2D eigenvalue weighted by Crippen LogP contribution is 2.47. The van der Waals surface area contributed by atoms with Crippen LogP contribution in [-0.2, 0) is 16.0 Å². The summed E-state index contributed by atoms with van der Waals surface area (Å²) in [5, 5.41) is 35.2. The number of benzene rings is 1. The topological polar surface area (TPSA) is 116 Å². The number of hydrogen-bond acceptors (Lipinski definition) is 7. The standard InChI is InChI=1S/C36H51NO6/c1-43-35-21-25-13-16-33(41)29(15-12-24(8-7-19-38)30(25)23-34(35)42)32(40)10-4-3-9-27-20-26-11-14-28(39)22-31(26)37-36(27)17-5-2-6-18-36/h21,23-24,26-27,29,31-32,37-38,40,42H,2-11,13-14,16-20,22H2,1H3/t24-,26-,27+,29-,31-,32-/m1/s1. The summed E-state index contributed by atoms with van der Waals surface area (Å²) < 4.78 is 5.31. The lowest BCUT2D eigenvalue weighted by molar-refractivity contribution is -0.124. The van der Waals surface area contributed by atoms with E-state index in [0.29, 0.717) is 61.5 Å². The molecule has 7 nitrogen and oxygen atoms in total. The minimum atomic E-state index is -0.815. The van der Waals surface area contributed by atoms with Gasteiger partial charge >= 0.3 is 0 Å². The number of unbranched alkanes of at least 4 members (excludes halogenated alkanes) is 1. The number of methoxy groups -OCH3 is 1. The van der Waals surface area contributed by atoms with E-state index in [-0.39, 0.29) is 36.0 Å². The molecule has 43 heavy (non-hydrogen) atoms. The van der Waals surface area contributed by atoms with Crippen LogP contribution in [0.2, 0.25) is 0 Å². The number of fused-ring (bicyclic) bond motifs is 2. The minimum Gasteiger partial charge on any atom is -0.504 e. The Balaban J connectivity index is 1.22. The number of aromatic hydroxyl groups is 1. The Morgan fingerprint density at radius 2 is 1.86 bits per heavy atom.